The van der Waals surface area contributed by atoms with Crippen molar-refractivity contribution in [3.8, 4) is 22.6 Å². The second-order valence-corrected chi connectivity index (χ2v) is 8.99. The number of benzene rings is 3. The van der Waals surface area contributed by atoms with Gasteiger partial charge < -0.3 is 31.9 Å². The van der Waals surface area contributed by atoms with E-state index in [0.29, 0.717) is 36.9 Å². The van der Waals surface area contributed by atoms with Crippen LogP contribution in [0.2, 0.25) is 0 Å². The van der Waals surface area contributed by atoms with Crippen molar-refractivity contribution in [3.63, 3.8) is 0 Å². The SMILES string of the molecule is NC(=O)CNC(=O)c1cc(-c2cccc([N+](=O)[O-])c2)ccc1OCCCCNC(=O)C(N)Cc1ccc(O)cc1. The maximum Gasteiger partial charge on any atom is 0.270 e. The van der Waals surface area contributed by atoms with Crippen LogP contribution in [-0.4, -0.2) is 53.5 Å². The second kappa shape index (κ2) is 14.3. The highest BCUT2D eigenvalue weighted by Gasteiger charge is 2.17. The van der Waals surface area contributed by atoms with Crippen molar-refractivity contribution in [2.45, 2.75) is 25.3 Å². The molecule has 0 aliphatic heterocycles. The largest absolute Gasteiger partial charge is 0.508 e. The minimum Gasteiger partial charge on any atom is -0.508 e. The standard InChI is InChI=1S/C28H31N5O7/c29-24(14-18-6-9-22(34)10-7-18)28(37)31-12-1-2-13-40-25-11-8-20(16-23(25)27(36)32-17-26(30)35)19-4-3-5-21(15-19)33(38)39/h3-11,15-16,24,34H,1-2,12-14,17,29H2,(H2,30,35)(H,31,37)(H,32,36). The van der Waals surface area contributed by atoms with Crippen molar-refractivity contribution in [1.29, 1.82) is 0 Å². The summed E-state index contributed by atoms with van der Waals surface area (Å²) in [5.74, 6) is -1.19. The van der Waals surface area contributed by atoms with Crippen LogP contribution in [0.25, 0.3) is 11.1 Å². The lowest BCUT2D eigenvalue weighted by Gasteiger charge is -2.14. The van der Waals surface area contributed by atoms with Crippen LogP contribution in [0.15, 0.2) is 66.7 Å². The Morgan fingerprint density at radius 1 is 0.975 bits per heavy atom. The fourth-order valence-electron chi connectivity index (χ4n) is 3.81. The summed E-state index contributed by atoms with van der Waals surface area (Å²) in [5.41, 5.74) is 13.1. The molecule has 0 saturated heterocycles. The number of amides is 3. The van der Waals surface area contributed by atoms with E-state index < -0.39 is 22.8 Å². The molecule has 0 bridgehead atoms. The number of nitrogens with zero attached hydrogens (tertiary/aromatic N) is 1. The minimum absolute atomic E-state index is 0.0917. The van der Waals surface area contributed by atoms with Crippen LogP contribution in [-0.2, 0) is 16.0 Å². The number of nitro groups is 1. The van der Waals surface area contributed by atoms with Crippen molar-refractivity contribution in [1.82, 2.24) is 10.6 Å². The Bertz CT molecular complexity index is 1360. The van der Waals surface area contributed by atoms with Crippen molar-refractivity contribution >= 4 is 23.4 Å². The molecule has 3 amide bonds. The molecule has 0 fully saturated rings. The molecule has 0 aromatic heterocycles. The summed E-state index contributed by atoms with van der Waals surface area (Å²) < 4.78 is 5.82. The number of hydrogen-bond acceptors (Lipinski definition) is 8. The van der Waals surface area contributed by atoms with Gasteiger partial charge in [0.25, 0.3) is 11.6 Å². The lowest BCUT2D eigenvalue weighted by molar-refractivity contribution is -0.384. The molecule has 3 rings (SSSR count). The number of nitrogens with one attached hydrogen (secondary N) is 2. The topological polar surface area (TPSA) is 200 Å². The number of carbonyl (C=O) groups is 3. The second-order valence-electron chi connectivity index (χ2n) is 8.99. The van der Waals surface area contributed by atoms with Crippen LogP contribution in [0, 0.1) is 10.1 Å². The van der Waals surface area contributed by atoms with Gasteiger partial charge in [0.2, 0.25) is 11.8 Å². The molecule has 210 valence electrons. The molecule has 1 atom stereocenters. The van der Waals surface area contributed by atoms with E-state index in [1.54, 1.807) is 36.4 Å². The first-order chi connectivity index (χ1) is 19.1. The zero-order valence-corrected chi connectivity index (χ0v) is 21.7. The van der Waals surface area contributed by atoms with Gasteiger partial charge in [-0.2, -0.15) is 0 Å². The fraction of sp³-hybridized carbons (Fsp3) is 0.250. The van der Waals surface area contributed by atoms with E-state index in [1.165, 1.54) is 30.3 Å². The normalized spacial score (nSPS) is 11.3. The van der Waals surface area contributed by atoms with Crippen molar-refractivity contribution < 1.29 is 29.2 Å². The first-order valence-corrected chi connectivity index (χ1v) is 12.5. The number of carbonyl (C=O) groups excluding carboxylic acids is 3. The number of nitro benzene ring substituents is 1. The maximum absolute atomic E-state index is 12.8. The fourth-order valence-corrected chi connectivity index (χ4v) is 3.81. The summed E-state index contributed by atoms with van der Waals surface area (Å²) in [7, 11) is 0. The van der Waals surface area contributed by atoms with E-state index in [1.807, 2.05) is 0 Å². The molecule has 0 saturated carbocycles. The van der Waals surface area contributed by atoms with Gasteiger partial charge in [-0.3, -0.25) is 24.5 Å². The molecule has 12 heteroatoms. The van der Waals surface area contributed by atoms with Crippen LogP contribution < -0.4 is 26.8 Å². The molecule has 1 unspecified atom stereocenters. The van der Waals surface area contributed by atoms with E-state index in [2.05, 4.69) is 10.6 Å². The summed E-state index contributed by atoms with van der Waals surface area (Å²) in [4.78, 5) is 46.8. The Balaban J connectivity index is 1.56. The molecular formula is C28H31N5O7. The first-order valence-electron chi connectivity index (χ1n) is 12.5. The number of aromatic hydroxyl groups is 1. The summed E-state index contributed by atoms with van der Waals surface area (Å²) in [5, 5.41) is 25.7. The Kier molecular flexibility index (Phi) is 10.5. The van der Waals surface area contributed by atoms with Crippen LogP contribution in [0.1, 0.15) is 28.8 Å². The van der Waals surface area contributed by atoms with Gasteiger partial charge in [0.1, 0.15) is 11.5 Å². The monoisotopic (exact) mass is 549 g/mol. The number of phenols is 1. The Morgan fingerprint density at radius 3 is 2.40 bits per heavy atom. The lowest BCUT2D eigenvalue weighted by atomic mass is 10.0. The van der Waals surface area contributed by atoms with Gasteiger partial charge in [0.15, 0.2) is 0 Å². The highest BCUT2D eigenvalue weighted by molar-refractivity contribution is 5.99. The third kappa shape index (κ3) is 8.81. The lowest BCUT2D eigenvalue weighted by Crippen LogP contribution is -2.42. The number of unbranched alkanes of at least 4 members (excludes halogenated alkanes) is 1. The summed E-state index contributed by atoms with van der Waals surface area (Å²) in [6.07, 6.45) is 1.48. The maximum atomic E-state index is 12.8. The number of non-ortho nitro benzene ring substituents is 1. The van der Waals surface area contributed by atoms with E-state index in [4.69, 9.17) is 16.2 Å². The van der Waals surface area contributed by atoms with Gasteiger partial charge in [-0.25, -0.2) is 0 Å². The van der Waals surface area contributed by atoms with Crippen LogP contribution >= 0.6 is 0 Å². The molecule has 0 spiro atoms. The van der Waals surface area contributed by atoms with Gasteiger partial charge in [-0.15, -0.1) is 0 Å². The highest BCUT2D eigenvalue weighted by Crippen LogP contribution is 2.29. The molecule has 3 aromatic carbocycles. The predicted molar refractivity (Wildman–Crippen MR) is 148 cm³/mol. The Morgan fingerprint density at radius 2 is 1.70 bits per heavy atom. The van der Waals surface area contributed by atoms with Crippen LogP contribution in [0.5, 0.6) is 11.5 Å². The van der Waals surface area contributed by atoms with E-state index in [-0.39, 0.29) is 41.8 Å². The third-order valence-corrected chi connectivity index (χ3v) is 5.89. The number of primary amides is 1. The van der Waals surface area contributed by atoms with E-state index >= 15 is 0 Å². The summed E-state index contributed by atoms with van der Waals surface area (Å²) in [6, 6.07) is 16.5. The zero-order chi connectivity index (χ0) is 29.1. The Hall–Kier alpha value is -4.97. The molecule has 12 nitrogen and oxygen atoms in total. The van der Waals surface area contributed by atoms with Crippen molar-refractivity contribution in [2.24, 2.45) is 11.5 Å². The first kappa shape index (κ1) is 29.6. The van der Waals surface area contributed by atoms with Gasteiger partial charge in [0, 0.05) is 18.7 Å². The number of phenolic OH excluding ortho intramolecular Hbond substituents is 1. The quantitative estimate of drug-likeness (QED) is 0.114. The number of ether oxygens (including phenoxy) is 1. The Labute approximate surface area is 230 Å². The van der Waals surface area contributed by atoms with Gasteiger partial charge in [0.05, 0.1) is 29.7 Å². The molecule has 0 aliphatic rings. The average Bonchev–Trinajstić information content (AvgIpc) is 2.94. The molecule has 0 aliphatic carbocycles. The summed E-state index contributed by atoms with van der Waals surface area (Å²) in [6.45, 7) is 0.249. The molecule has 7 N–H and O–H groups in total. The number of nitrogens with two attached hydrogens (primary N) is 2. The number of hydrogen-bond donors (Lipinski definition) is 5. The number of rotatable bonds is 14. The molecule has 0 heterocycles. The van der Waals surface area contributed by atoms with E-state index in [9.17, 15) is 29.6 Å². The van der Waals surface area contributed by atoms with Crippen molar-refractivity contribution in [2.75, 3.05) is 19.7 Å². The zero-order valence-electron chi connectivity index (χ0n) is 21.7. The van der Waals surface area contributed by atoms with E-state index in [0.717, 1.165) is 5.56 Å². The molecule has 40 heavy (non-hydrogen) atoms. The third-order valence-electron chi connectivity index (χ3n) is 5.89. The van der Waals surface area contributed by atoms with Gasteiger partial charge in [-0.1, -0.05) is 30.3 Å². The molecule has 0 radical (unpaired) electrons. The smallest absolute Gasteiger partial charge is 0.270 e. The highest BCUT2D eigenvalue weighted by atomic mass is 16.6. The van der Waals surface area contributed by atoms with Gasteiger partial charge in [-0.05, 0) is 60.2 Å². The molecule has 3 aromatic rings. The van der Waals surface area contributed by atoms with Crippen LogP contribution in [0.3, 0.4) is 0 Å². The van der Waals surface area contributed by atoms with Crippen LogP contribution in [0.4, 0.5) is 5.69 Å². The average molecular weight is 550 g/mol. The van der Waals surface area contributed by atoms with Gasteiger partial charge >= 0.3 is 0 Å². The minimum atomic E-state index is -0.730. The molecular weight excluding hydrogens is 518 g/mol. The predicted octanol–water partition coefficient (Wildman–Crippen LogP) is 2.03. The van der Waals surface area contributed by atoms with Crippen molar-refractivity contribution in [3.05, 3.63) is 88.0 Å². The summed E-state index contributed by atoms with van der Waals surface area (Å²) >= 11 is 0.